The van der Waals surface area contributed by atoms with Crippen LogP contribution in [0, 0.1) is 24.2 Å². The van der Waals surface area contributed by atoms with Gasteiger partial charge in [-0.15, -0.1) is 13.0 Å². The molecule has 0 amide bonds. The molecule has 2 nitrogen and oxygen atoms in total. The summed E-state index contributed by atoms with van der Waals surface area (Å²) < 4.78 is 0. The molecule has 0 aliphatic carbocycles. The van der Waals surface area contributed by atoms with Gasteiger partial charge in [-0.25, -0.2) is 0 Å². The Bertz CT molecular complexity index is 277. The van der Waals surface area contributed by atoms with E-state index in [0.717, 1.165) is 25.7 Å². The molecule has 16 heavy (non-hydrogen) atoms. The lowest BCUT2D eigenvalue weighted by Gasteiger charge is -2.15. The van der Waals surface area contributed by atoms with Crippen molar-refractivity contribution in [1.29, 1.82) is 0 Å². The van der Waals surface area contributed by atoms with E-state index in [0.29, 0.717) is 6.42 Å². The molecule has 0 unspecified atom stereocenters. The molecule has 0 aromatic rings. The average molecular weight is 220 g/mol. The van der Waals surface area contributed by atoms with Gasteiger partial charge in [0.05, 0.1) is 12.2 Å². The molecule has 88 valence electrons. The third kappa shape index (κ3) is 8.12. The fourth-order valence-corrected chi connectivity index (χ4v) is 1.35. The van der Waals surface area contributed by atoms with E-state index < -0.39 is 12.2 Å². The van der Waals surface area contributed by atoms with E-state index in [-0.39, 0.29) is 6.42 Å². The monoisotopic (exact) mass is 220 g/mol. The highest BCUT2D eigenvalue weighted by atomic mass is 16.3. The molecule has 0 aliphatic rings. The van der Waals surface area contributed by atoms with Gasteiger partial charge in [-0.3, -0.25) is 0 Å². The van der Waals surface area contributed by atoms with E-state index >= 15 is 0 Å². The second-order valence-corrected chi connectivity index (χ2v) is 3.71. The lowest BCUT2D eigenvalue weighted by molar-refractivity contribution is 0.0165. The third-order valence-electron chi connectivity index (χ3n) is 2.32. The molecule has 0 heterocycles. The van der Waals surface area contributed by atoms with Gasteiger partial charge in [-0.2, -0.15) is 0 Å². The standard InChI is InChI=1S/C14H20O2/c1-3-5-7-8-10-12-14(16)13(15)11-9-6-4-2/h2-3,13-16H,1,5,7-8,10-12H2/t13-,14+/m0/s1. The quantitative estimate of drug-likeness (QED) is 0.372. The number of aliphatic hydroxyl groups is 2. The van der Waals surface area contributed by atoms with Crippen molar-refractivity contribution in [1.82, 2.24) is 0 Å². The van der Waals surface area contributed by atoms with Crippen LogP contribution in [0.3, 0.4) is 0 Å². The van der Waals surface area contributed by atoms with Crippen molar-refractivity contribution in [2.45, 2.75) is 50.7 Å². The highest BCUT2D eigenvalue weighted by Crippen LogP contribution is 2.10. The largest absolute Gasteiger partial charge is 0.390 e. The molecule has 0 aromatic carbocycles. The van der Waals surface area contributed by atoms with E-state index in [1.54, 1.807) is 0 Å². The Morgan fingerprint density at radius 2 is 1.94 bits per heavy atom. The van der Waals surface area contributed by atoms with Gasteiger partial charge in [0.25, 0.3) is 0 Å². The van der Waals surface area contributed by atoms with Gasteiger partial charge in [0.1, 0.15) is 0 Å². The first-order valence-electron chi connectivity index (χ1n) is 5.62. The van der Waals surface area contributed by atoms with Crippen molar-refractivity contribution in [2.24, 2.45) is 0 Å². The normalized spacial score (nSPS) is 13.1. The Morgan fingerprint density at radius 3 is 2.56 bits per heavy atom. The smallest absolute Gasteiger partial charge is 0.0908 e. The third-order valence-corrected chi connectivity index (χ3v) is 2.32. The van der Waals surface area contributed by atoms with Crippen LogP contribution in [-0.4, -0.2) is 22.4 Å². The fraction of sp³-hybridized carbons (Fsp3) is 0.571. The van der Waals surface area contributed by atoms with Gasteiger partial charge in [0, 0.05) is 6.42 Å². The number of allylic oxidation sites excluding steroid dienone is 1. The summed E-state index contributed by atoms with van der Waals surface area (Å²) in [5.74, 6) is 7.20. The fourth-order valence-electron chi connectivity index (χ4n) is 1.35. The van der Waals surface area contributed by atoms with Crippen LogP contribution < -0.4 is 0 Å². The maximum absolute atomic E-state index is 9.58. The van der Waals surface area contributed by atoms with E-state index in [1.165, 1.54) is 0 Å². The second kappa shape index (κ2) is 10.3. The van der Waals surface area contributed by atoms with Crippen molar-refractivity contribution in [3.8, 4) is 24.2 Å². The zero-order valence-corrected chi connectivity index (χ0v) is 9.65. The van der Waals surface area contributed by atoms with Crippen molar-refractivity contribution in [3.05, 3.63) is 12.7 Å². The Labute approximate surface area is 98.4 Å². The van der Waals surface area contributed by atoms with Crippen molar-refractivity contribution in [3.63, 3.8) is 0 Å². The number of rotatable bonds is 8. The van der Waals surface area contributed by atoms with Gasteiger partial charge in [0.15, 0.2) is 0 Å². The van der Waals surface area contributed by atoms with Crippen LogP contribution in [0.2, 0.25) is 0 Å². The Kier molecular flexibility index (Phi) is 9.52. The summed E-state index contributed by atoms with van der Waals surface area (Å²) in [5, 5.41) is 19.1. The molecular weight excluding hydrogens is 200 g/mol. The molecule has 0 bridgehead atoms. The minimum Gasteiger partial charge on any atom is -0.390 e. The van der Waals surface area contributed by atoms with Crippen molar-refractivity contribution in [2.75, 3.05) is 0 Å². The van der Waals surface area contributed by atoms with Gasteiger partial charge in [-0.05, 0) is 31.1 Å². The van der Waals surface area contributed by atoms with Crippen LogP contribution in [0.25, 0.3) is 0 Å². The number of unbranched alkanes of at least 4 members (excludes halogenated alkanes) is 3. The van der Waals surface area contributed by atoms with E-state index in [2.05, 4.69) is 24.3 Å². The summed E-state index contributed by atoms with van der Waals surface area (Å²) in [6.45, 7) is 3.64. The minimum absolute atomic E-state index is 0.234. The molecule has 0 aromatic heterocycles. The van der Waals surface area contributed by atoms with Crippen LogP contribution in [0.4, 0.5) is 0 Å². The molecular formula is C14H20O2. The Hall–Kier alpha value is -1.22. The molecule has 2 atom stereocenters. The predicted octanol–water partition coefficient (Wildman–Crippen LogP) is 1.87. The van der Waals surface area contributed by atoms with Gasteiger partial charge in [-0.1, -0.05) is 24.8 Å². The summed E-state index contributed by atoms with van der Waals surface area (Å²) in [6.07, 6.45) is 10.2. The molecule has 0 saturated carbocycles. The zero-order valence-electron chi connectivity index (χ0n) is 9.65. The predicted molar refractivity (Wildman–Crippen MR) is 66.5 cm³/mol. The molecule has 0 aliphatic heterocycles. The topological polar surface area (TPSA) is 40.5 Å². The first kappa shape index (κ1) is 14.8. The van der Waals surface area contributed by atoms with E-state index in [1.807, 2.05) is 6.08 Å². The minimum atomic E-state index is -0.791. The molecule has 2 heteroatoms. The van der Waals surface area contributed by atoms with Crippen LogP contribution in [0.1, 0.15) is 38.5 Å². The Balaban J connectivity index is 3.59. The molecule has 0 rings (SSSR count). The van der Waals surface area contributed by atoms with Crippen LogP contribution in [0.15, 0.2) is 12.7 Å². The summed E-state index contributed by atoms with van der Waals surface area (Å²) in [4.78, 5) is 0. The summed E-state index contributed by atoms with van der Waals surface area (Å²) >= 11 is 0. The number of hydrogen-bond donors (Lipinski definition) is 2. The number of hydrogen-bond acceptors (Lipinski definition) is 2. The van der Waals surface area contributed by atoms with Crippen LogP contribution in [0.5, 0.6) is 0 Å². The maximum Gasteiger partial charge on any atom is 0.0908 e. The molecule has 0 radical (unpaired) electrons. The van der Waals surface area contributed by atoms with Gasteiger partial charge < -0.3 is 10.2 Å². The van der Waals surface area contributed by atoms with Crippen LogP contribution >= 0.6 is 0 Å². The molecule has 2 N–H and O–H groups in total. The first-order chi connectivity index (χ1) is 7.72. The van der Waals surface area contributed by atoms with E-state index in [4.69, 9.17) is 6.42 Å². The van der Waals surface area contributed by atoms with Gasteiger partial charge >= 0.3 is 0 Å². The van der Waals surface area contributed by atoms with Crippen molar-refractivity contribution >= 4 is 0 Å². The molecule has 0 spiro atoms. The summed E-state index contributed by atoms with van der Waals surface area (Å²) in [5.41, 5.74) is 0. The second-order valence-electron chi connectivity index (χ2n) is 3.71. The Morgan fingerprint density at radius 1 is 1.19 bits per heavy atom. The SMILES string of the molecule is C#CC#CC[C@H](O)[C@H](O)CCCCCC=C. The lowest BCUT2D eigenvalue weighted by Crippen LogP contribution is -2.25. The highest BCUT2D eigenvalue weighted by molar-refractivity contribution is 5.21. The lowest BCUT2D eigenvalue weighted by atomic mass is 10.0. The average Bonchev–Trinajstić information content (AvgIpc) is 2.28. The van der Waals surface area contributed by atoms with Crippen molar-refractivity contribution < 1.29 is 10.2 Å². The number of aliphatic hydroxyl groups excluding tert-OH is 2. The zero-order chi connectivity index (χ0) is 12.2. The first-order valence-corrected chi connectivity index (χ1v) is 5.62. The molecule has 0 saturated heterocycles. The number of terminal acetylenes is 1. The highest BCUT2D eigenvalue weighted by Gasteiger charge is 2.14. The summed E-state index contributed by atoms with van der Waals surface area (Å²) in [7, 11) is 0. The van der Waals surface area contributed by atoms with Crippen LogP contribution in [-0.2, 0) is 0 Å². The van der Waals surface area contributed by atoms with Gasteiger partial charge in [0.2, 0.25) is 0 Å². The summed E-state index contributed by atoms with van der Waals surface area (Å²) in [6, 6.07) is 0. The molecule has 0 fully saturated rings. The maximum atomic E-state index is 9.58. The van der Waals surface area contributed by atoms with E-state index in [9.17, 15) is 10.2 Å².